The van der Waals surface area contributed by atoms with Crippen LogP contribution in [-0.4, -0.2) is 13.2 Å². The van der Waals surface area contributed by atoms with Gasteiger partial charge in [-0.25, -0.2) is 0 Å². The molecule has 0 fully saturated rings. The van der Waals surface area contributed by atoms with E-state index in [4.69, 9.17) is 0 Å². The molecule has 0 spiro atoms. The highest BCUT2D eigenvalue weighted by molar-refractivity contribution is 8.03. The van der Waals surface area contributed by atoms with Gasteiger partial charge < -0.3 is 15.0 Å². The van der Waals surface area contributed by atoms with E-state index in [1.807, 2.05) is 17.8 Å². The Morgan fingerprint density at radius 3 is 2.86 bits per heavy atom. The maximum atomic E-state index is 10.6. The van der Waals surface area contributed by atoms with E-state index in [9.17, 15) is 5.26 Å². The molecule has 3 heterocycles. The van der Waals surface area contributed by atoms with Crippen molar-refractivity contribution in [2.75, 3.05) is 18.1 Å². The molecule has 2 aromatic carbocycles. The van der Waals surface area contributed by atoms with Gasteiger partial charge in [-0.05, 0) is 71.6 Å². The number of allylic oxidation sites excluding steroid dienone is 4. The zero-order valence-electron chi connectivity index (χ0n) is 21.0. The first-order chi connectivity index (χ1) is 17.5. The van der Waals surface area contributed by atoms with Crippen LogP contribution in [0.1, 0.15) is 44.2 Å². The lowest BCUT2D eigenvalue weighted by Crippen LogP contribution is -2.37. The molecule has 184 valence electrons. The van der Waals surface area contributed by atoms with E-state index >= 15 is 0 Å². The predicted molar refractivity (Wildman–Crippen MR) is 145 cm³/mol. The van der Waals surface area contributed by atoms with Gasteiger partial charge in [0, 0.05) is 23.6 Å². The first-order valence-corrected chi connectivity index (χ1v) is 13.7. The van der Waals surface area contributed by atoms with Crippen molar-refractivity contribution in [3.05, 3.63) is 94.2 Å². The minimum atomic E-state index is 0.157. The van der Waals surface area contributed by atoms with Gasteiger partial charge in [0.15, 0.2) is 12.7 Å². The van der Waals surface area contributed by atoms with Crippen LogP contribution in [0.25, 0.3) is 17.0 Å². The standard InChI is InChI=1S/C31H32N2O2S/c1-31(2)20-22(18-25-12-14-32(15-16-35-34)27-10-4-3-9-26(25)27)17-23(21-31)19-29-33-13-6-8-24-7-5-11-28(36-29)30(24)33/h3-5,7,9-12,14,17-19H,6,8,13,15-16,20-21H2,1-2H3. The molecule has 0 amide bonds. The summed E-state index contributed by atoms with van der Waals surface area (Å²) in [5.74, 6) is 0. The third-order valence-corrected chi connectivity index (χ3v) is 8.52. The van der Waals surface area contributed by atoms with Crippen LogP contribution in [0.15, 0.2) is 88.0 Å². The van der Waals surface area contributed by atoms with Gasteiger partial charge in [0.1, 0.15) is 0 Å². The van der Waals surface area contributed by atoms with Crippen LogP contribution >= 0.6 is 11.8 Å². The highest BCUT2D eigenvalue weighted by Crippen LogP contribution is 2.51. The quantitative estimate of drug-likeness (QED) is 0.249. The SMILES string of the molecule is CC1(C)CC(/C=C2\Sc3cccc4c3N2CCC4)=CC(=C/c2cc[n+](CCO[O-])c3ccccc23)/C1. The van der Waals surface area contributed by atoms with Crippen LogP contribution in [-0.2, 0) is 17.9 Å². The van der Waals surface area contributed by atoms with Gasteiger partial charge >= 0.3 is 0 Å². The maximum absolute atomic E-state index is 10.6. The normalized spacial score (nSPS) is 20.8. The van der Waals surface area contributed by atoms with Crippen molar-refractivity contribution >= 4 is 34.4 Å². The van der Waals surface area contributed by atoms with Crippen molar-refractivity contribution in [1.82, 2.24) is 0 Å². The Morgan fingerprint density at radius 2 is 1.97 bits per heavy atom. The summed E-state index contributed by atoms with van der Waals surface area (Å²) >= 11 is 1.92. The number of anilines is 1. The Kier molecular flexibility index (Phi) is 6.24. The second kappa shape index (κ2) is 9.55. The molecule has 3 aliphatic rings. The highest BCUT2D eigenvalue weighted by Gasteiger charge is 2.31. The number of benzene rings is 2. The number of nitrogens with zero attached hydrogens (tertiary/aromatic N) is 2. The molecule has 0 saturated heterocycles. The molecule has 0 atom stereocenters. The van der Waals surface area contributed by atoms with E-state index < -0.39 is 0 Å². The largest absolute Gasteiger partial charge is 0.723 e. The molecule has 5 heteroatoms. The summed E-state index contributed by atoms with van der Waals surface area (Å²) in [6, 6.07) is 17.3. The van der Waals surface area contributed by atoms with Gasteiger partial charge in [0.2, 0.25) is 5.52 Å². The molecule has 6 rings (SSSR count). The summed E-state index contributed by atoms with van der Waals surface area (Å²) in [6.07, 6.45) is 13.8. The molecule has 4 nitrogen and oxygen atoms in total. The van der Waals surface area contributed by atoms with Crippen LogP contribution in [0, 0.1) is 5.41 Å². The van der Waals surface area contributed by atoms with Gasteiger partial charge in [-0.3, -0.25) is 0 Å². The molecule has 0 bridgehead atoms. The number of thioether (sulfide) groups is 1. The average Bonchev–Trinajstić information content (AvgIpc) is 3.21. The Morgan fingerprint density at radius 1 is 1.08 bits per heavy atom. The first-order valence-electron chi connectivity index (χ1n) is 12.9. The van der Waals surface area contributed by atoms with Crippen molar-refractivity contribution in [3.8, 4) is 0 Å². The molecular weight excluding hydrogens is 464 g/mol. The van der Waals surface area contributed by atoms with Gasteiger partial charge in [0.05, 0.1) is 22.7 Å². The van der Waals surface area contributed by atoms with E-state index in [1.54, 1.807) is 0 Å². The Balaban J connectivity index is 1.37. The van der Waals surface area contributed by atoms with E-state index in [0.717, 1.165) is 24.9 Å². The van der Waals surface area contributed by atoms with Crippen LogP contribution in [0.3, 0.4) is 0 Å². The van der Waals surface area contributed by atoms with Gasteiger partial charge in [0.25, 0.3) is 0 Å². The number of aryl methyl sites for hydroxylation is 1. The van der Waals surface area contributed by atoms with E-state index in [1.165, 1.54) is 56.1 Å². The fraction of sp³-hybridized carbons (Fsp3) is 0.323. The highest BCUT2D eigenvalue weighted by atomic mass is 32.2. The summed E-state index contributed by atoms with van der Waals surface area (Å²) < 4.78 is 2.09. The summed E-state index contributed by atoms with van der Waals surface area (Å²) in [5, 5.41) is 13.1. The number of aromatic nitrogens is 1. The van der Waals surface area contributed by atoms with Crippen molar-refractivity contribution in [1.29, 1.82) is 0 Å². The topological polar surface area (TPSA) is 39.4 Å². The van der Waals surface area contributed by atoms with Crippen LogP contribution in [0.4, 0.5) is 5.69 Å². The first kappa shape index (κ1) is 23.5. The van der Waals surface area contributed by atoms with Crippen LogP contribution in [0.2, 0.25) is 0 Å². The number of hydrogen-bond acceptors (Lipinski definition) is 4. The maximum Gasteiger partial charge on any atom is 0.213 e. The molecule has 0 saturated carbocycles. The summed E-state index contributed by atoms with van der Waals surface area (Å²) in [6.45, 7) is 6.56. The lowest BCUT2D eigenvalue weighted by Gasteiger charge is -2.32. The molecule has 0 unspecified atom stereocenters. The number of fused-ring (bicyclic) bond motifs is 1. The third-order valence-electron chi connectivity index (χ3n) is 7.42. The predicted octanol–water partition coefficient (Wildman–Crippen LogP) is 5.95. The average molecular weight is 497 g/mol. The molecule has 2 aliphatic heterocycles. The van der Waals surface area contributed by atoms with E-state index in [-0.39, 0.29) is 12.0 Å². The Hall–Kier alpha value is -2.86. The van der Waals surface area contributed by atoms with E-state index in [2.05, 4.69) is 95.1 Å². The summed E-state index contributed by atoms with van der Waals surface area (Å²) in [5.41, 5.74) is 8.23. The molecule has 36 heavy (non-hydrogen) atoms. The summed E-state index contributed by atoms with van der Waals surface area (Å²) in [7, 11) is 0. The second-order valence-electron chi connectivity index (χ2n) is 10.9. The number of pyridine rings is 1. The molecule has 0 radical (unpaired) electrons. The smallest absolute Gasteiger partial charge is 0.213 e. The third kappa shape index (κ3) is 4.52. The van der Waals surface area contributed by atoms with Crippen LogP contribution < -0.4 is 14.7 Å². The lowest BCUT2D eigenvalue weighted by atomic mass is 9.75. The van der Waals surface area contributed by atoms with Crippen LogP contribution in [0.5, 0.6) is 0 Å². The monoisotopic (exact) mass is 496 g/mol. The fourth-order valence-electron chi connectivity index (χ4n) is 6.01. The minimum Gasteiger partial charge on any atom is -0.723 e. The minimum absolute atomic E-state index is 0.157. The number of rotatable bonds is 5. The summed E-state index contributed by atoms with van der Waals surface area (Å²) in [4.78, 5) is 8.02. The van der Waals surface area contributed by atoms with Crippen molar-refractivity contribution in [2.24, 2.45) is 5.41 Å². The lowest BCUT2D eigenvalue weighted by molar-refractivity contribution is -0.728. The molecule has 0 N–H and O–H groups in total. The molecule has 1 aliphatic carbocycles. The van der Waals surface area contributed by atoms with Gasteiger partial charge in [-0.2, -0.15) is 4.57 Å². The van der Waals surface area contributed by atoms with E-state index in [0.29, 0.717) is 6.54 Å². The van der Waals surface area contributed by atoms with Gasteiger partial charge in [-0.1, -0.05) is 62.0 Å². The number of para-hydroxylation sites is 2. The van der Waals surface area contributed by atoms with Crippen molar-refractivity contribution < 1.29 is 14.7 Å². The number of hydrogen-bond donors (Lipinski definition) is 0. The molecular formula is C31H32N2O2S. The Labute approximate surface area is 217 Å². The zero-order valence-corrected chi connectivity index (χ0v) is 21.8. The second-order valence-corrected chi connectivity index (χ2v) is 11.9. The molecule has 3 aromatic rings. The molecule has 1 aromatic heterocycles. The van der Waals surface area contributed by atoms with Crippen molar-refractivity contribution in [3.63, 3.8) is 0 Å². The fourth-order valence-corrected chi connectivity index (χ4v) is 7.22. The zero-order chi connectivity index (χ0) is 24.7. The van der Waals surface area contributed by atoms with Gasteiger partial charge in [-0.15, -0.1) is 0 Å². The van der Waals surface area contributed by atoms with Crippen molar-refractivity contribution in [2.45, 2.75) is 51.0 Å². The Bertz CT molecular complexity index is 1420.